The number of carboxylic acid groups (broad SMARTS) is 1. The monoisotopic (exact) mass is 504 g/mol. The number of benzene rings is 2. The summed E-state index contributed by atoms with van der Waals surface area (Å²) in [7, 11) is 0. The van der Waals surface area contributed by atoms with Crippen LogP contribution in [0.15, 0.2) is 53.5 Å². The predicted octanol–water partition coefficient (Wildman–Crippen LogP) is 4.39. The number of anilines is 1. The van der Waals surface area contributed by atoms with Crippen LogP contribution in [0.2, 0.25) is 0 Å². The molecule has 2 fully saturated rings. The average Bonchev–Trinajstić information content (AvgIpc) is 3.51. The Morgan fingerprint density at radius 3 is 2.65 bits per heavy atom. The van der Waals surface area contributed by atoms with Crippen molar-refractivity contribution in [3.05, 3.63) is 59.7 Å². The minimum absolute atomic E-state index is 0.167. The molecule has 2 aromatic carbocycles. The number of nitrogens with zero attached hydrogens (tertiary/aromatic N) is 3. The zero-order chi connectivity index (χ0) is 26.1. The molecule has 5 rings (SSSR count). The maximum Gasteiger partial charge on any atom is 0.305 e. The molecule has 3 aliphatic rings. The smallest absolute Gasteiger partial charge is 0.305 e. The van der Waals surface area contributed by atoms with Gasteiger partial charge in [-0.1, -0.05) is 44.2 Å². The molecule has 0 aromatic heterocycles. The van der Waals surface area contributed by atoms with Crippen molar-refractivity contribution in [2.24, 2.45) is 16.8 Å². The van der Waals surface area contributed by atoms with E-state index >= 15 is 0 Å². The molecule has 5 atom stereocenters. The van der Waals surface area contributed by atoms with Crippen molar-refractivity contribution >= 4 is 29.6 Å². The SMILES string of the molecule is CC(C)C[C@@H](C(=O)N[C@@H](CC(=O)O)c1cccc(N2CC3CCC2C3)c1)N1C=Nc2ccccc2C1O. The van der Waals surface area contributed by atoms with E-state index in [2.05, 4.69) is 21.3 Å². The zero-order valence-electron chi connectivity index (χ0n) is 21.5. The van der Waals surface area contributed by atoms with E-state index in [9.17, 15) is 19.8 Å². The number of para-hydroxylation sites is 1. The summed E-state index contributed by atoms with van der Waals surface area (Å²) >= 11 is 0. The summed E-state index contributed by atoms with van der Waals surface area (Å²) in [6, 6.07) is 14.4. The molecule has 2 aliphatic heterocycles. The van der Waals surface area contributed by atoms with Crippen molar-refractivity contribution in [1.82, 2.24) is 10.2 Å². The lowest BCUT2D eigenvalue weighted by Gasteiger charge is -2.37. The van der Waals surface area contributed by atoms with Gasteiger partial charge in [0.15, 0.2) is 6.23 Å². The van der Waals surface area contributed by atoms with Crippen molar-refractivity contribution in [3.8, 4) is 0 Å². The van der Waals surface area contributed by atoms with E-state index in [0.717, 1.165) is 23.7 Å². The number of aliphatic hydroxyl groups excluding tert-OH is 1. The number of hydrogen-bond acceptors (Lipinski definition) is 6. The van der Waals surface area contributed by atoms with Gasteiger partial charge in [-0.15, -0.1) is 0 Å². The van der Waals surface area contributed by atoms with Gasteiger partial charge in [0.1, 0.15) is 6.04 Å². The van der Waals surface area contributed by atoms with Crippen LogP contribution in [0.3, 0.4) is 0 Å². The molecule has 3 N–H and O–H groups in total. The van der Waals surface area contributed by atoms with Gasteiger partial charge < -0.3 is 25.3 Å². The van der Waals surface area contributed by atoms with Gasteiger partial charge in [0, 0.05) is 23.8 Å². The highest BCUT2D eigenvalue weighted by Crippen LogP contribution is 2.41. The second kappa shape index (κ2) is 10.5. The van der Waals surface area contributed by atoms with Crippen LogP contribution in [-0.4, -0.2) is 52.0 Å². The van der Waals surface area contributed by atoms with Crippen LogP contribution in [0.4, 0.5) is 11.4 Å². The lowest BCUT2D eigenvalue weighted by atomic mass is 9.97. The number of piperidine rings is 1. The predicted molar refractivity (Wildman–Crippen MR) is 143 cm³/mol. The van der Waals surface area contributed by atoms with E-state index in [0.29, 0.717) is 23.7 Å². The largest absolute Gasteiger partial charge is 0.481 e. The second-order valence-corrected chi connectivity index (χ2v) is 11.0. The Labute approximate surface area is 218 Å². The first-order valence-corrected chi connectivity index (χ1v) is 13.3. The lowest BCUT2D eigenvalue weighted by molar-refractivity contribution is -0.138. The third-order valence-electron chi connectivity index (χ3n) is 7.89. The minimum atomic E-state index is -1.02. The van der Waals surface area contributed by atoms with Gasteiger partial charge in [-0.3, -0.25) is 9.59 Å². The van der Waals surface area contributed by atoms with E-state index in [1.165, 1.54) is 25.6 Å². The van der Waals surface area contributed by atoms with Gasteiger partial charge in [0.25, 0.3) is 0 Å². The number of hydrogen-bond donors (Lipinski definition) is 3. The number of fused-ring (bicyclic) bond motifs is 3. The van der Waals surface area contributed by atoms with Crippen LogP contribution in [0.1, 0.15) is 69.3 Å². The molecule has 1 saturated carbocycles. The Morgan fingerprint density at radius 1 is 1.14 bits per heavy atom. The first-order valence-electron chi connectivity index (χ1n) is 13.3. The van der Waals surface area contributed by atoms with E-state index in [-0.39, 0.29) is 18.2 Å². The fourth-order valence-electron chi connectivity index (χ4n) is 6.09. The molecular weight excluding hydrogens is 468 g/mol. The summed E-state index contributed by atoms with van der Waals surface area (Å²) in [5.41, 5.74) is 3.17. The maximum atomic E-state index is 13.7. The first kappa shape index (κ1) is 25.3. The van der Waals surface area contributed by atoms with E-state index in [1.807, 2.05) is 50.2 Å². The number of carboxylic acids is 1. The number of rotatable bonds is 9. The first-order chi connectivity index (χ1) is 17.8. The Kier molecular flexibility index (Phi) is 7.20. The number of carbonyl (C=O) groups is 2. The normalized spacial score (nSPS) is 23.7. The van der Waals surface area contributed by atoms with Crippen molar-refractivity contribution in [2.75, 3.05) is 11.4 Å². The summed E-state index contributed by atoms with van der Waals surface area (Å²) in [5, 5.41) is 23.8. The maximum absolute atomic E-state index is 13.7. The summed E-state index contributed by atoms with van der Waals surface area (Å²) in [6.07, 6.45) is 4.46. The van der Waals surface area contributed by atoms with Crippen molar-refractivity contribution in [1.29, 1.82) is 0 Å². The summed E-state index contributed by atoms with van der Waals surface area (Å²) in [5.74, 6) is -0.400. The van der Waals surface area contributed by atoms with Crippen molar-refractivity contribution in [3.63, 3.8) is 0 Å². The van der Waals surface area contributed by atoms with E-state index in [1.54, 1.807) is 11.0 Å². The average molecular weight is 505 g/mol. The quantitative estimate of drug-likeness (QED) is 0.468. The Bertz CT molecular complexity index is 1180. The Balaban J connectivity index is 1.39. The molecule has 37 heavy (non-hydrogen) atoms. The standard InChI is InChI=1S/C29H36N4O4/c1-18(2)12-26(33-17-30-24-9-4-3-8-23(24)29(33)37)28(36)31-25(15-27(34)35)20-6-5-7-21(14-20)32-16-19-10-11-22(32)13-19/h3-9,14,17-19,22,25-26,29,37H,10-13,15-16H2,1-2H3,(H,31,36)(H,34,35)/t19?,22?,25-,26-,29?/m0/s1. The molecular formula is C29H36N4O4. The van der Waals surface area contributed by atoms with Crippen LogP contribution in [0, 0.1) is 11.8 Å². The second-order valence-electron chi connectivity index (χ2n) is 11.0. The van der Waals surface area contributed by atoms with Gasteiger partial charge in [-0.05, 0) is 61.3 Å². The van der Waals surface area contributed by atoms with Gasteiger partial charge in [-0.25, -0.2) is 4.99 Å². The number of aliphatic hydroxyl groups is 1. The molecule has 1 aliphatic carbocycles. The fourth-order valence-corrected chi connectivity index (χ4v) is 6.09. The molecule has 2 bridgehead atoms. The van der Waals surface area contributed by atoms with Crippen LogP contribution < -0.4 is 10.2 Å². The van der Waals surface area contributed by atoms with Gasteiger partial charge in [0.2, 0.25) is 5.91 Å². The molecule has 8 nitrogen and oxygen atoms in total. The molecule has 196 valence electrons. The van der Waals surface area contributed by atoms with E-state index in [4.69, 9.17) is 0 Å². The van der Waals surface area contributed by atoms with Crippen molar-refractivity contribution in [2.45, 2.75) is 70.3 Å². The molecule has 1 amide bonds. The third-order valence-corrected chi connectivity index (χ3v) is 7.89. The highest BCUT2D eigenvalue weighted by atomic mass is 16.4. The van der Waals surface area contributed by atoms with Crippen LogP contribution in [-0.2, 0) is 9.59 Å². The highest BCUT2D eigenvalue weighted by Gasteiger charge is 2.38. The number of nitrogens with one attached hydrogen (secondary N) is 1. The van der Waals surface area contributed by atoms with Gasteiger partial charge >= 0.3 is 5.97 Å². The third kappa shape index (κ3) is 5.34. The molecule has 2 aromatic rings. The Hall–Kier alpha value is -3.39. The van der Waals surface area contributed by atoms with Crippen LogP contribution in [0.5, 0.6) is 0 Å². The lowest BCUT2D eigenvalue weighted by Crippen LogP contribution is -2.50. The van der Waals surface area contributed by atoms with Crippen LogP contribution >= 0.6 is 0 Å². The number of amides is 1. The molecule has 3 unspecified atom stereocenters. The molecule has 1 saturated heterocycles. The zero-order valence-corrected chi connectivity index (χ0v) is 21.5. The number of aliphatic carboxylic acids is 1. The summed E-state index contributed by atoms with van der Waals surface area (Å²) < 4.78 is 0. The topological polar surface area (TPSA) is 105 Å². The number of aliphatic imine (C=N–C) groups is 1. The molecule has 8 heteroatoms. The molecule has 0 spiro atoms. The van der Waals surface area contributed by atoms with E-state index < -0.39 is 24.3 Å². The number of carbonyl (C=O) groups excluding carboxylic acids is 1. The molecule has 0 radical (unpaired) electrons. The minimum Gasteiger partial charge on any atom is -0.481 e. The van der Waals surface area contributed by atoms with Gasteiger partial charge in [0.05, 0.1) is 24.5 Å². The molecule has 2 heterocycles. The van der Waals surface area contributed by atoms with Gasteiger partial charge in [-0.2, -0.15) is 0 Å². The fraction of sp³-hybridized carbons (Fsp3) is 0.483. The summed E-state index contributed by atoms with van der Waals surface area (Å²) in [6.45, 7) is 5.07. The van der Waals surface area contributed by atoms with Crippen molar-refractivity contribution < 1.29 is 19.8 Å². The summed E-state index contributed by atoms with van der Waals surface area (Å²) in [4.78, 5) is 34.0. The Morgan fingerprint density at radius 2 is 1.95 bits per heavy atom. The highest BCUT2D eigenvalue weighted by molar-refractivity contribution is 5.86. The van der Waals surface area contributed by atoms with Crippen LogP contribution in [0.25, 0.3) is 0 Å².